The molecule has 1 unspecified atom stereocenters. The Balaban J connectivity index is 1.65. The molecule has 7 nitrogen and oxygen atoms in total. The molecule has 2 N–H and O–H groups in total. The number of ether oxygens (including phenoxy) is 4. The zero-order valence-electron chi connectivity index (χ0n) is 22.3. The third-order valence-electron chi connectivity index (χ3n) is 6.29. The van der Waals surface area contributed by atoms with Crippen LogP contribution in [-0.4, -0.2) is 19.2 Å². The molecule has 3 aromatic carbocycles. The molecule has 0 fully saturated rings. The van der Waals surface area contributed by atoms with E-state index in [1.807, 2.05) is 44.2 Å². The number of fused-ring (bicyclic) bond motifs is 1. The summed E-state index contributed by atoms with van der Waals surface area (Å²) in [6, 6.07) is 20.2. The number of carbonyl (C=O) groups is 1. The number of hydrogen-bond acceptors (Lipinski definition) is 7. The van der Waals surface area contributed by atoms with Crippen LogP contribution in [0.25, 0.3) is 0 Å². The summed E-state index contributed by atoms with van der Waals surface area (Å²) in [5, 5.41) is 9.91. The van der Waals surface area contributed by atoms with Gasteiger partial charge in [-0.05, 0) is 60.7 Å². The number of nitriles is 1. The predicted octanol–water partition coefficient (Wildman–Crippen LogP) is 6.22. The van der Waals surface area contributed by atoms with Crippen LogP contribution in [0.5, 0.6) is 23.0 Å². The number of hydrogen-bond donors (Lipinski definition) is 1. The van der Waals surface area contributed by atoms with Crippen LogP contribution in [-0.2, 0) is 5.41 Å². The van der Waals surface area contributed by atoms with E-state index in [0.29, 0.717) is 41.8 Å². The van der Waals surface area contributed by atoms with Gasteiger partial charge in [-0.2, -0.15) is 5.26 Å². The second-order valence-corrected chi connectivity index (χ2v) is 9.91. The van der Waals surface area contributed by atoms with Crippen LogP contribution in [0.1, 0.15) is 67.6 Å². The number of nitrogens with zero attached hydrogens (tertiary/aromatic N) is 1. The van der Waals surface area contributed by atoms with E-state index in [2.05, 4.69) is 26.8 Å². The molecule has 1 heterocycles. The van der Waals surface area contributed by atoms with Gasteiger partial charge in [-0.1, -0.05) is 45.0 Å². The molecule has 4 rings (SSSR count). The van der Waals surface area contributed by atoms with Crippen molar-refractivity contribution in [2.45, 2.75) is 46.0 Å². The molecule has 1 aliphatic rings. The number of benzene rings is 3. The fraction of sp³-hybridized carbons (Fsp3) is 0.290. The minimum Gasteiger partial charge on any atom is -0.490 e. The van der Waals surface area contributed by atoms with Crippen molar-refractivity contribution in [1.82, 2.24) is 0 Å². The Morgan fingerprint density at radius 1 is 0.974 bits per heavy atom. The van der Waals surface area contributed by atoms with Gasteiger partial charge in [-0.15, -0.1) is 0 Å². The summed E-state index contributed by atoms with van der Waals surface area (Å²) in [4.78, 5) is 12.8. The normalized spacial score (nSPS) is 14.7. The molecule has 3 aromatic rings. The first kappa shape index (κ1) is 26.6. The summed E-state index contributed by atoms with van der Waals surface area (Å²) >= 11 is 0. The standard InChI is InChI=1S/C31H32N2O5/c1-6-35-25-15-10-20(16-27(25)36-7-2)28-23-14-13-22(17-26(23)38-29(33)24(28)18-32)37-30(34)19-8-11-21(12-9-19)31(3,4)5/h8-17,28H,6-7,33H2,1-5H3. The van der Waals surface area contributed by atoms with Gasteiger partial charge in [0.15, 0.2) is 11.5 Å². The number of carbonyl (C=O) groups excluding carboxylic acids is 1. The number of nitrogens with two attached hydrogens (primary N) is 1. The zero-order valence-corrected chi connectivity index (χ0v) is 22.3. The lowest BCUT2D eigenvalue weighted by molar-refractivity contribution is 0.0734. The van der Waals surface area contributed by atoms with Crippen molar-refractivity contribution < 1.29 is 23.7 Å². The van der Waals surface area contributed by atoms with Crippen LogP contribution in [0, 0.1) is 11.3 Å². The summed E-state index contributed by atoms with van der Waals surface area (Å²) < 4.78 is 22.9. The fourth-order valence-corrected chi connectivity index (χ4v) is 4.36. The van der Waals surface area contributed by atoms with Gasteiger partial charge >= 0.3 is 5.97 Å². The summed E-state index contributed by atoms with van der Waals surface area (Å²) in [5.74, 6) is 0.949. The minimum atomic E-state index is -0.492. The number of allylic oxidation sites excluding steroid dienone is 1. The molecule has 0 bridgehead atoms. The molecule has 7 heteroatoms. The van der Waals surface area contributed by atoms with Crippen LogP contribution >= 0.6 is 0 Å². The molecule has 0 aromatic heterocycles. The highest BCUT2D eigenvalue weighted by atomic mass is 16.5. The van der Waals surface area contributed by atoms with Crippen molar-refractivity contribution >= 4 is 5.97 Å². The Labute approximate surface area is 223 Å². The Hall–Kier alpha value is -4.44. The molecular weight excluding hydrogens is 480 g/mol. The first-order valence-corrected chi connectivity index (χ1v) is 12.6. The monoisotopic (exact) mass is 512 g/mol. The smallest absolute Gasteiger partial charge is 0.343 e. The van der Waals surface area contributed by atoms with E-state index < -0.39 is 11.9 Å². The van der Waals surface area contributed by atoms with Gasteiger partial charge in [0.2, 0.25) is 5.88 Å². The van der Waals surface area contributed by atoms with E-state index in [4.69, 9.17) is 24.7 Å². The van der Waals surface area contributed by atoms with Crippen LogP contribution < -0.4 is 24.7 Å². The molecule has 0 saturated heterocycles. The summed E-state index contributed by atoms with van der Waals surface area (Å²) in [6.07, 6.45) is 0. The first-order valence-electron chi connectivity index (χ1n) is 12.6. The van der Waals surface area contributed by atoms with Crippen molar-refractivity contribution in [2.24, 2.45) is 5.73 Å². The molecule has 0 saturated carbocycles. The molecule has 0 amide bonds. The maximum absolute atomic E-state index is 12.8. The lowest BCUT2D eigenvalue weighted by Crippen LogP contribution is -2.21. The van der Waals surface area contributed by atoms with E-state index >= 15 is 0 Å². The van der Waals surface area contributed by atoms with E-state index in [-0.39, 0.29) is 16.9 Å². The molecule has 1 aliphatic heterocycles. The molecule has 0 aliphatic carbocycles. The van der Waals surface area contributed by atoms with Gasteiger partial charge in [0.25, 0.3) is 0 Å². The van der Waals surface area contributed by atoms with Crippen molar-refractivity contribution in [3.8, 4) is 29.1 Å². The van der Waals surface area contributed by atoms with E-state index in [9.17, 15) is 10.1 Å². The van der Waals surface area contributed by atoms with Crippen LogP contribution in [0.3, 0.4) is 0 Å². The molecule has 0 radical (unpaired) electrons. The number of esters is 1. The zero-order chi connectivity index (χ0) is 27.4. The number of rotatable bonds is 7. The topological polar surface area (TPSA) is 104 Å². The Kier molecular flexibility index (Phi) is 7.63. The quantitative estimate of drug-likeness (QED) is 0.296. The maximum atomic E-state index is 12.8. The average molecular weight is 513 g/mol. The van der Waals surface area contributed by atoms with Crippen LogP contribution in [0.15, 0.2) is 72.1 Å². The van der Waals surface area contributed by atoms with Gasteiger partial charge in [0.1, 0.15) is 23.1 Å². The van der Waals surface area contributed by atoms with Gasteiger partial charge < -0.3 is 24.7 Å². The van der Waals surface area contributed by atoms with E-state index in [1.165, 1.54) is 0 Å². The molecule has 1 atom stereocenters. The van der Waals surface area contributed by atoms with Crippen molar-refractivity contribution in [2.75, 3.05) is 13.2 Å². The summed E-state index contributed by atoms with van der Waals surface area (Å²) in [7, 11) is 0. The minimum absolute atomic E-state index is 0.00177. The Morgan fingerprint density at radius 3 is 2.29 bits per heavy atom. The highest BCUT2D eigenvalue weighted by molar-refractivity contribution is 5.91. The predicted molar refractivity (Wildman–Crippen MR) is 145 cm³/mol. The van der Waals surface area contributed by atoms with E-state index in [0.717, 1.165) is 16.7 Å². The van der Waals surface area contributed by atoms with Crippen molar-refractivity contribution in [3.63, 3.8) is 0 Å². The second-order valence-electron chi connectivity index (χ2n) is 9.91. The van der Waals surface area contributed by atoms with E-state index in [1.54, 1.807) is 30.3 Å². The fourth-order valence-electron chi connectivity index (χ4n) is 4.36. The third-order valence-corrected chi connectivity index (χ3v) is 6.29. The van der Waals surface area contributed by atoms with Gasteiger partial charge in [0, 0.05) is 11.6 Å². The lowest BCUT2D eigenvalue weighted by Gasteiger charge is -2.27. The molecule has 38 heavy (non-hydrogen) atoms. The molecular formula is C31H32N2O5. The van der Waals surface area contributed by atoms with Crippen LogP contribution in [0.4, 0.5) is 0 Å². The molecule has 0 spiro atoms. The Morgan fingerprint density at radius 2 is 1.66 bits per heavy atom. The van der Waals surface area contributed by atoms with Crippen LogP contribution in [0.2, 0.25) is 0 Å². The highest BCUT2D eigenvalue weighted by Crippen LogP contribution is 2.45. The maximum Gasteiger partial charge on any atom is 0.343 e. The second kappa shape index (κ2) is 10.9. The molecule has 196 valence electrons. The van der Waals surface area contributed by atoms with Gasteiger partial charge in [-0.3, -0.25) is 0 Å². The SMILES string of the molecule is CCOc1ccc(C2C(C#N)=C(N)Oc3cc(OC(=O)c4ccc(C(C)(C)C)cc4)ccc32)cc1OCC. The van der Waals surface area contributed by atoms with Gasteiger partial charge in [0.05, 0.1) is 24.7 Å². The Bertz CT molecular complexity index is 1410. The average Bonchev–Trinajstić information content (AvgIpc) is 2.88. The largest absolute Gasteiger partial charge is 0.490 e. The third kappa shape index (κ3) is 5.45. The van der Waals surface area contributed by atoms with Gasteiger partial charge in [-0.25, -0.2) is 4.79 Å². The van der Waals surface area contributed by atoms with Crippen molar-refractivity contribution in [3.05, 3.63) is 94.4 Å². The lowest BCUT2D eigenvalue weighted by atomic mass is 9.83. The first-order chi connectivity index (χ1) is 18.2. The summed E-state index contributed by atoms with van der Waals surface area (Å²) in [5.41, 5.74) is 9.52. The van der Waals surface area contributed by atoms with Crippen molar-refractivity contribution in [1.29, 1.82) is 5.26 Å². The highest BCUT2D eigenvalue weighted by Gasteiger charge is 2.32. The summed E-state index contributed by atoms with van der Waals surface area (Å²) in [6.45, 7) is 11.1.